The van der Waals surface area contributed by atoms with Crippen molar-refractivity contribution in [2.24, 2.45) is 0 Å². The fourth-order valence-corrected chi connectivity index (χ4v) is 1.75. The van der Waals surface area contributed by atoms with Crippen LogP contribution in [0.15, 0.2) is 22.7 Å². The van der Waals surface area contributed by atoms with Crippen molar-refractivity contribution in [3.63, 3.8) is 0 Å². The number of nitrogens with one attached hydrogen (secondary N) is 1. The van der Waals surface area contributed by atoms with E-state index in [0.29, 0.717) is 19.4 Å². The summed E-state index contributed by atoms with van der Waals surface area (Å²) in [6.07, 6.45) is 0.995. The Hall–Kier alpha value is -1.07. The van der Waals surface area contributed by atoms with E-state index in [1.165, 1.54) is 6.07 Å². The van der Waals surface area contributed by atoms with Crippen LogP contribution in [0.2, 0.25) is 0 Å². The number of carbonyl (C=O) groups excluding carboxylic acids is 1. The molecule has 0 saturated carbocycles. The van der Waals surface area contributed by atoms with Crippen LogP contribution in [0.5, 0.6) is 5.75 Å². The average Bonchev–Trinajstić information content (AvgIpc) is 2.27. The third-order valence-electron chi connectivity index (χ3n) is 2.29. The Labute approximate surface area is 109 Å². The molecule has 0 aliphatic carbocycles. The Bertz CT molecular complexity index is 393. The lowest BCUT2D eigenvalue weighted by molar-refractivity contribution is 0.0947. The van der Waals surface area contributed by atoms with Gasteiger partial charge in [-0.3, -0.25) is 4.79 Å². The quantitative estimate of drug-likeness (QED) is 0.729. The number of rotatable bonds is 5. The number of phenolic OH excluding ortho intramolecular Hbond substituents is 1. The van der Waals surface area contributed by atoms with Gasteiger partial charge in [0.1, 0.15) is 5.75 Å². The molecule has 17 heavy (non-hydrogen) atoms. The first-order valence-corrected chi connectivity index (χ1v) is 6.25. The predicted molar refractivity (Wildman–Crippen MR) is 69.1 cm³/mol. The molecular weight excluding hydrogens is 286 g/mol. The number of aliphatic hydroxyl groups is 1. The highest BCUT2D eigenvalue weighted by atomic mass is 79.9. The molecule has 0 aliphatic heterocycles. The highest BCUT2D eigenvalue weighted by molar-refractivity contribution is 9.10. The van der Waals surface area contributed by atoms with Gasteiger partial charge in [-0.05, 0) is 38.0 Å². The molecule has 94 valence electrons. The van der Waals surface area contributed by atoms with Crippen LogP contribution >= 0.6 is 15.9 Å². The normalized spacial score (nSPS) is 12.2. The molecule has 3 N–H and O–H groups in total. The summed E-state index contributed by atoms with van der Waals surface area (Å²) in [5.41, 5.74) is 0.247. The molecule has 1 atom stereocenters. The van der Waals surface area contributed by atoms with E-state index in [4.69, 9.17) is 5.11 Å². The number of hydrogen-bond acceptors (Lipinski definition) is 3. The van der Waals surface area contributed by atoms with Gasteiger partial charge in [0.15, 0.2) is 0 Å². The molecule has 1 unspecified atom stereocenters. The van der Waals surface area contributed by atoms with E-state index in [1.54, 1.807) is 19.1 Å². The van der Waals surface area contributed by atoms with Gasteiger partial charge in [-0.2, -0.15) is 0 Å². The van der Waals surface area contributed by atoms with Crippen molar-refractivity contribution < 1.29 is 15.0 Å². The summed E-state index contributed by atoms with van der Waals surface area (Å²) >= 11 is 3.24. The smallest absolute Gasteiger partial charge is 0.255 e. The molecular formula is C12H16BrNO3. The summed E-state index contributed by atoms with van der Waals surface area (Å²) in [5, 5.41) is 21.3. The number of aliphatic hydroxyl groups excluding tert-OH is 1. The van der Waals surface area contributed by atoms with Gasteiger partial charge in [-0.15, -0.1) is 0 Å². The average molecular weight is 302 g/mol. The van der Waals surface area contributed by atoms with Gasteiger partial charge in [-0.1, -0.05) is 15.9 Å². The van der Waals surface area contributed by atoms with Crippen molar-refractivity contribution in [1.29, 1.82) is 0 Å². The zero-order valence-corrected chi connectivity index (χ0v) is 11.2. The van der Waals surface area contributed by atoms with E-state index in [-0.39, 0.29) is 23.3 Å². The van der Waals surface area contributed by atoms with Crippen LogP contribution in [0, 0.1) is 0 Å². The SMILES string of the molecule is CC(O)CCCNC(=O)c1cc(Br)ccc1O. The third-order valence-corrected chi connectivity index (χ3v) is 2.78. The molecule has 4 nitrogen and oxygen atoms in total. The number of carbonyl (C=O) groups is 1. The van der Waals surface area contributed by atoms with Crippen LogP contribution in [0.1, 0.15) is 30.1 Å². The van der Waals surface area contributed by atoms with E-state index in [9.17, 15) is 9.90 Å². The van der Waals surface area contributed by atoms with Crippen LogP contribution in [-0.4, -0.2) is 28.8 Å². The summed E-state index contributed by atoms with van der Waals surface area (Å²) in [5.74, 6) is -0.351. The molecule has 0 radical (unpaired) electrons. The Morgan fingerprint density at radius 1 is 1.53 bits per heavy atom. The number of hydrogen-bond donors (Lipinski definition) is 3. The Morgan fingerprint density at radius 3 is 2.88 bits per heavy atom. The molecule has 0 saturated heterocycles. The highest BCUT2D eigenvalue weighted by Gasteiger charge is 2.10. The highest BCUT2D eigenvalue weighted by Crippen LogP contribution is 2.21. The molecule has 5 heteroatoms. The van der Waals surface area contributed by atoms with E-state index in [1.807, 2.05) is 0 Å². The molecule has 0 bridgehead atoms. The van der Waals surface area contributed by atoms with Gasteiger partial charge in [0.05, 0.1) is 11.7 Å². The van der Waals surface area contributed by atoms with Crippen molar-refractivity contribution in [1.82, 2.24) is 5.32 Å². The van der Waals surface area contributed by atoms with Gasteiger partial charge >= 0.3 is 0 Å². The van der Waals surface area contributed by atoms with Gasteiger partial charge in [-0.25, -0.2) is 0 Å². The minimum absolute atomic E-state index is 0.0405. The van der Waals surface area contributed by atoms with Crippen molar-refractivity contribution in [3.8, 4) is 5.75 Å². The second kappa shape index (κ2) is 6.61. The Kier molecular flexibility index (Phi) is 5.44. The first-order chi connectivity index (χ1) is 8.00. The lowest BCUT2D eigenvalue weighted by Gasteiger charge is -2.08. The number of halogens is 1. The van der Waals surface area contributed by atoms with Crippen LogP contribution in [-0.2, 0) is 0 Å². The van der Waals surface area contributed by atoms with Crippen molar-refractivity contribution in [3.05, 3.63) is 28.2 Å². The van der Waals surface area contributed by atoms with Crippen LogP contribution in [0.4, 0.5) is 0 Å². The molecule has 0 aromatic heterocycles. The molecule has 1 amide bonds. The lowest BCUT2D eigenvalue weighted by Crippen LogP contribution is -2.25. The molecule has 0 heterocycles. The summed E-state index contributed by atoms with van der Waals surface area (Å²) in [7, 11) is 0. The standard InChI is InChI=1S/C12H16BrNO3/c1-8(15)3-2-6-14-12(17)10-7-9(13)4-5-11(10)16/h4-5,7-8,15-16H,2-3,6H2,1H3,(H,14,17). The molecule has 0 fully saturated rings. The maximum Gasteiger partial charge on any atom is 0.255 e. The maximum atomic E-state index is 11.7. The summed E-state index contributed by atoms with van der Waals surface area (Å²) in [4.78, 5) is 11.7. The molecule has 0 spiro atoms. The largest absolute Gasteiger partial charge is 0.507 e. The summed E-state index contributed by atoms with van der Waals surface area (Å²) in [6, 6.07) is 4.70. The predicted octanol–water partition coefficient (Wildman–Crippen LogP) is 2.05. The van der Waals surface area contributed by atoms with Crippen LogP contribution in [0.3, 0.4) is 0 Å². The zero-order valence-electron chi connectivity index (χ0n) is 9.61. The second-order valence-corrected chi connectivity index (χ2v) is 4.82. The fraction of sp³-hybridized carbons (Fsp3) is 0.417. The molecule has 1 rings (SSSR count). The minimum Gasteiger partial charge on any atom is -0.507 e. The third kappa shape index (κ3) is 4.75. The second-order valence-electron chi connectivity index (χ2n) is 3.91. The van der Waals surface area contributed by atoms with Crippen LogP contribution in [0.25, 0.3) is 0 Å². The number of amides is 1. The minimum atomic E-state index is -0.355. The summed E-state index contributed by atoms with van der Waals surface area (Å²) in [6.45, 7) is 2.19. The van der Waals surface area contributed by atoms with E-state index in [0.717, 1.165) is 4.47 Å². The van der Waals surface area contributed by atoms with E-state index < -0.39 is 0 Å². The monoisotopic (exact) mass is 301 g/mol. The van der Waals surface area contributed by atoms with Gasteiger partial charge < -0.3 is 15.5 Å². The lowest BCUT2D eigenvalue weighted by atomic mass is 10.2. The Morgan fingerprint density at radius 2 is 2.24 bits per heavy atom. The van der Waals surface area contributed by atoms with Gasteiger partial charge in [0.25, 0.3) is 5.91 Å². The summed E-state index contributed by atoms with van der Waals surface area (Å²) < 4.78 is 0.740. The number of aromatic hydroxyl groups is 1. The van der Waals surface area contributed by atoms with Crippen molar-refractivity contribution in [2.75, 3.05) is 6.54 Å². The maximum absolute atomic E-state index is 11.7. The van der Waals surface area contributed by atoms with Gasteiger partial charge in [0, 0.05) is 11.0 Å². The van der Waals surface area contributed by atoms with Crippen molar-refractivity contribution >= 4 is 21.8 Å². The van der Waals surface area contributed by atoms with E-state index in [2.05, 4.69) is 21.2 Å². The first-order valence-electron chi connectivity index (χ1n) is 5.45. The first kappa shape index (κ1) is 14.0. The van der Waals surface area contributed by atoms with Crippen molar-refractivity contribution in [2.45, 2.75) is 25.9 Å². The zero-order chi connectivity index (χ0) is 12.8. The van der Waals surface area contributed by atoms with E-state index >= 15 is 0 Å². The molecule has 1 aromatic rings. The number of benzene rings is 1. The molecule has 0 aliphatic rings. The fourth-order valence-electron chi connectivity index (χ4n) is 1.38. The number of phenols is 1. The molecule has 1 aromatic carbocycles. The van der Waals surface area contributed by atoms with Gasteiger partial charge in [0.2, 0.25) is 0 Å². The Balaban J connectivity index is 2.49. The van der Waals surface area contributed by atoms with Crippen LogP contribution < -0.4 is 5.32 Å². The topological polar surface area (TPSA) is 69.6 Å².